The first kappa shape index (κ1) is 15.6. The summed E-state index contributed by atoms with van der Waals surface area (Å²) >= 11 is 0. The molecule has 5 nitrogen and oxygen atoms in total. The van der Waals surface area contributed by atoms with Gasteiger partial charge in [-0.15, -0.1) is 0 Å². The molecule has 0 spiro atoms. The van der Waals surface area contributed by atoms with Crippen LogP contribution in [0, 0.1) is 6.92 Å². The van der Waals surface area contributed by atoms with Crippen molar-refractivity contribution in [1.82, 2.24) is 4.90 Å². The number of nitrogens with zero attached hydrogens (tertiary/aromatic N) is 1. The van der Waals surface area contributed by atoms with Crippen molar-refractivity contribution in [3.8, 4) is 11.5 Å². The van der Waals surface area contributed by atoms with Crippen LogP contribution in [0.1, 0.15) is 35.8 Å². The molecule has 0 unspecified atom stereocenters. The highest BCUT2D eigenvalue weighted by Gasteiger charge is 2.22. The van der Waals surface area contributed by atoms with Gasteiger partial charge in [0.2, 0.25) is 11.2 Å². The Hall–Kier alpha value is -2.27. The summed E-state index contributed by atoms with van der Waals surface area (Å²) < 4.78 is 5.50. The number of piperidine rings is 1. The zero-order valence-corrected chi connectivity index (χ0v) is 13.2. The summed E-state index contributed by atoms with van der Waals surface area (Å²) in [6.45, 7) is 3.91. The molecular formula is C18H21NO4. The first-order valence-corrected chi connectivity index (χ1v) is 7.87. The minimum atomic E-state index is -0.386. The zero-order valence-electron chi connectivity index (χ0n) is 13.2. The molecule has 1 fully saturated rings. The number of phenols is 1. The third-order valence-electron chi connectivity index (χ3n) is 4.44. The van der Waals surface area contributed by atoms with Crippen LogP contribution in [-0.4, -0.2) is 28.2 Å². The van der Waals surface area contributed by atoms with Gasteiger partial charge in [0.1, 0.15) is 11.5 Å². The van der Waals surface area contributed by atoms with Gasteiger partial charge in [0.05, 0.1) is 6.54 Å². The second-order valence-corrected chi connectivity index (χ2v) is 6.14. The number of aryl methyl sites for hydroxylation is 1. The lowest BCUT2D eigenvalue weighted by molar-refractivity contribution is 0.184. The smallest absolute Gasteiger partial charge is 0.227 e. The van der Waals surface area contributed by atoms with Gasteiger partial charge in [-0.2, -0.15) is 0 Å². The molecule has 1 aliphatic heterocycles. The summed E-state index contributed by atoms with van der Waals surface area (Å²) in [6, 6.07) is 8.69. The van der Waals surface area contributed by atoms with Crippen LogP contribution in [0.15, 0.2) is 39.5 Å². The lowest BCUT2D eigenvalue weighted by Crippen LogP contribution is -2.32. The molecule has 1 saturated heterocycles. The predicted octanol–water partition coefficient (Wildman–Crippen LogP) is 2.74. The maximum absolute atomic E-state index is 11.6. The van der Waals surface area contributed by atoms with Gasteiger partial charge in [-0.3, -0.25) is 9.69 Å². The summed E-state index contributed by atoms with van der Waals surface area (Å²) in [5.74, 6) is 1.34. The standard InChI is InChI=1S/C18H21NO4/c1-12-10-16(21)18(22)17(23-12)11-19-8-6-14(7-9-19)13-2-4-15(20)5-3-13/h2-5,10,14,20,22H,6-9,11H2,1H3. The van der Waals surface area contributed by atoms with E-state index in [4.69, 9.17) is 4.42 Å². The van der Waals surface area contributed by atoms with E-state index in [1.165, 1.54) is 11.6 Å². The number of phenolic OH excluding ortho intramolecular Hbond substituents is 1. The van der Waals surface area contributed by atoms with Crippen molar-refractivity contribution >= 4 is 0 Å². The largest absolute Gasteiger partial charge is 0.508 e. The fourth-order valence-corrected chi connectivity index (χ4v) is 3.14. The van der Waals surface area contributed by atoms with Crippen molar-refractivity contribution in [2.24, 2.45) is 0 Å². The molecule has 5 heteroatoms. The molecule has 2 aromatic rings. The molecule has 0 saturated carbocycles. The minimum absolute atomic E-state index is 0.281. The van der Waals surface area contributed by atoms with Crippen LogP contribution in [0.4, 0.5) is 0 Å². The molecule has 0 amide bonds. The zero-order chi connectivity index (χ0) is 16.4. The van der Waals surface area contributed by atoms with Crippen molar-refractivity contribution in [2.75, 3.05) is 13.1 Å². The van der Waals surface area contributed by atoms with Crippen LogP contribution in [0.25, 0.3) is 0 Å². The summed E-state index contributed by atoms with van der Waals surface area (Å²) in [5, 5.41) is 19.2. The van der Waals surface area contributed by atoms with Gasteiger partial charge in [-0.25, -0.2) is 0 Å². The topological polar surface area (TPSA) is 73.9 Å². The maximum atomic E-state index is 11.6. The highest BCUT2D eigenvalue weighted by molar-refractivity contribution is 5.29. The van der Waals surface area contributed by atoms with Crippen molar-refractivity contribution in [1.29, 1.82) is 0 Å². The predicted molar refractivity (Wildman–Crippen MR) is 86.7 cm³/mol. The van der Waals surface area contributed by atoms with Crippen LogP contribution in [0.3, 0.4) is 0 Å². The third kappa shape index (κ3) is 3.56. The fraction of sp³-hybridized carbons (Fsp3) is 0.389. The monoisotopic (exact) mass is 315 g/mol. The molecule has 2 heterocycles. The van der Waals surface area contributed by atoms with E-state index in [9.17, 15) is 15.0 Å². The second-order valence-electron chi connectivity index (χ2n) is 6.14. The van der Waals surface area contributed by atoms with E-state index in [0.29, 0.717) is 24.0 Å². The van der Waals surface area contributed by atoms with E-state index in [0.717, 1.165) is 25.9 Å². The van der Waals surface area contributed by atoms with Gasteiger partial charge >= 0.3 is 0 Å². The summed E-state index contributed by atoms with van der Waals surface area (Å²) in [7, 11) is 0. The molecule has 2 N–H and O–H groups in total. The lowest BCUT2D eigenvalue weighted by Gasteiger charge is -2.31. The number of aromatic hydroxyl groups is 2. The Labute approximate surface area is 134 Å². The molecule has 23 heavy (non-hydrogen) atoms. The Morgan fingerprint density at radius 1 is 1.17 bits per heavy atom. The van der Waals surface area contributed by atoms with Crippen molar-refractivity contribution in [2.45, 2.75) is 32.2 Å². The molecule has 0 atom stereocenters. The average Bonchev–Trinajstić information content (AvgIpc) is 2.54. The summed E-state index contributed by atoms with van der Waals surface area (Å²) in [4.78, 5) is 13.8. The second kappa shape index (κ2) is 6.46. The first-order valence-electron chi connectivity index (χ1n) is 7.87. The highest BCUT2D eigenvalue weighted by atomic mass is 16.4. The normalized spacial score (nSPS) is 16.6. The van der Waals surface area contributed by atoms with E-state index in [1.807, 2.05) is 12.1 Å². The van der Waals surface area contributed by atoms with Gasteiger partial charge in [0.15, 0.2) is 5.76 Å². The van der Waals surface area contributed by atoms with E-state index in [2.05, 4.69) is 4.90 Å². The van der Waals surface area contributed by atoms with Crippen LogP contribution < -0.4 is 5.43 Å². The quantitative estimate of drug-likeness (QED) is 0.911. The Kier molecular flexibility index (Phi) is 4.39. The third-order valence-corrected chi connectivity index (χ3v) is 4.44. The van der Waals surface area contributed by atoms with E-state index >= 15 is 0 Å². The van der Waals surface area contributed by atoms with Crippen LogP contribution in [0.2, 0.25) is 0 Å². The molecule has 1 aromatic heterocycles. The first-order chi connectivity index (χ1) is 11.0. The van der Waals surface area contributed by atoms with Gasteiger partial charge in [-0.05, 0) is 56.5 Å². The number of hydrogen-bond donors (Lipinski definition) is 2. The number of benzene rings is 1. The molecule has 0 radical (unpaired) electrons. The molecule has 0 aliphatic carbocycles. The van der Waals surface area contributed by atoms with Crippen molar-refractivity contribution < 1.29 is 14.6 Å². The summed E-state index contributed by atoms with van der Waals surface area (Å²) in [6.07, 6.45) is 2.00. The molecule has 1 aromatic carbocycles. The van der Waals surface area contributed by atoms with Gasteiger partial charge in [0.25, 0.3) is 0 Å². The number of likely N-dealkylation sites (tertiary alicyclic amines) is 1. The van der Waals surface area contributed by atoms with Gasteiger partial charge in [-0.1, -0.05) is 12.1 Å². The number of rotatable bonds is 3. The Bertz CT molecular complexity index is 728. The molecule has 3 rings (SSSR count). The minimum Gasteiger partial charge on any atom is -0.508 e. The van der Waals surface area contributed by atoms with E-state index in [1.54, 1.807) is 19.1 Å². The van der Waals surface area contributed by atoms with Crippen LogP contribution in [0.5, 0.6) is 11.5 Å². The van der Waals surface area contributed by atoms with Crippen LogP contribution >= 0.6 is 0 Å². The lowest BCUT2D eigenvalue weighted by atomic mass is 9.89. The maximum Gasteiger partial charge on any atom is 0.227 e. The molecule has 122 valence electrons. The van der Waals surface area contributed by atoms with E-state index in [-0.39, 0.29) is 16.9 Å². The molecular weight excluding hydrogens is 294 g/mol. The average molecular weight is 315 g/mol. The van der Waals surface area contributed by atoms with E-state index < -0.39 is 0 Å². The Balaban J connectivity index is 1.63. The van der Waals surface area contributed by atoms with Crippen LogP contribution in [-0.2, 0) is 6.54 Å². The van der Waals surface area contributed by atoms with Gasteiger partial charge < -0.3 is 14.6 Å². The van der Waals surface area contributed by atoms with Crippen molar-refractivity contribution in [3.63, 3.8) is 0 Å². The number of hydrogen-bond acceptors (Lipinski definition) is 5. The summed E-state index contributed by atoms with van der Waals surface area (Å²) in [5.41, 5.74) is 0.857. The van der Waals surface area contributed by atoms with Crippen molar-refractivity contribution in [3.05, 3.63) is 57.6 Å². The molecule has 0 bridgehead atoms. The fourth-order valence-electron chi connectivity index (χ4n) is 3.14. The Morgan fingerprint density at radius 3 is 2.48 bits per heavy atom. The highest BCUT2D eigenvalue weighted by Crippen LogP contribution is 2.30. The SMILES string of the molecule is Cc1cc(=O)c(O)c(CN2CCC(c3ccc(O)cc3)CC2)o1. The van der Waals surface area contributed by atoms with Gasteiger partial charge in [0, 0.05) is 6.07 Å². The Morgan fingerprint density at radius 2 is 1.83 bits per heavy atom. The molecule has 1 aliphatic rings.